The molecule has 0 bridgehead atoms. The molecule has 1 aliphatic heterocycles. The number of ether oxygens (including phenoxy) is 1. The lowest BCUT2D eigenvalue weighted by Crippen LogP contribution is -2.18. The van der Waals surface area contributed by atoms with Gasteiger partial charge >= 0.3 is 0 Å². The highest BCUT2D eigenvalue weighted by molar-refractivity contribution is 9.12. The van der Waals surface area contributed by atoms with Crippen LogP contribution in [0, 0.1) is 0 Å². The van der Waals surface area contributed by atoms with Gasteiger partial charge in [-0.2, -0.15) is 8.42 Å². The topological polar surface area (TPSA) is 98.8 Å². The van der Waals surface area contributed by atoms with E-state index in [-0.39, 0.29) is 17.0 Å². The predicted molar refractivity (Wildman–Crippen MR) is 53.1 cm³/mol. The maximum Gasteiger partial charge on any atom is 0.292 e. The van der Waals surface area contributed by atoms with Gasteiger partial charge in [0, 0.05) is 0 Å². The molecule has 0 aliphatic carbocycles. The average molecular weight is 283 g/mol. The number of hydrogen-bond donors (Lipinski definition) is 1. The lowest BCUT2D eigenvalue weighted by atomic mass is 10.4. The number of primary amides is 1. The number of amides is 1. The Morgan fingerprint density at radius 2 is 2.21 bits per heavy atom. The monoisotopic (exact) mass is 282 g/mol. The maximum atomic E-state index is 11.2. The zero-order valence-corrected chi connectivity index (χ0v) is 9.55. The molecule has 78 valence electrons. The molecule has 0 radical (unpaired) electrons. The largest absolute Gasteiger partial charge is 0.477 e. The van der Waals surface area contributed by atoms with Crippen molar-refractivity contribution < 1.29 is 17.9 Å². The van der Waals surface area contributed by atoms with Crippen molar-refractivity contribution in [3.8, 4) is 0 Å². The van der Waals surface area contributed by atoms with Crippen molar-refractivity contribution in [3.63, 3.8) is 0 Å². The van der Waals surface area contributed by atoms with Crippen molar-refractivity contribution in [1.82, 2.24) is 0 Å². The molecule has 0 atom stereocenters. The first kappa shape index (κ1) is 11.2. The van der Waals surface area contributed by atoms with Gasteiger partial charge in [-0.1, -0.05) is 0 Å². The van der Waals surface area contributed by atoms with Crippen molar-refractivity contribution in [2.24, 2.45) is 10.1 Å². The van der Waals surface area contributed by atoms with Gasteiger partial charge in [-0.25, -0.2) is 0 Å². The van der Waals surface area contributed by atoms with E-state index in [1.807, 2.05) is 0 Å². The second-order valence-corrected chi connectivity index (χ2v) is 4.65. The molecular formula is C6H7BrN2O4S. The highest BCUT2D eigenvalue weighted by Crippen LogP contribution is 2.28. The Hall–Kier alpha value is -0.890. The Bertz CT molecular complexity index is 437. The van der Waals surface area contributed by atoms with Crippen LogP contribution in [-0.4, -0.2) is 26.8 Å². The van der Waals surface area contributed by atoms with Crippen LogP contribution in [0.25, 0.3) is 0 Å². The summed E-state index contributed by atoms with van der Waals surface area (Å²) in [6.45, 7) is 1.91. The van der Waals surface area contributed by atoms with Gasteiger partial charge in [0.25, 0.3) is 15.9 Å². The summed E-state index contributed by atoms with van der Waals surface area (Å²) < 4.78 is 30.6. The smallest absolute Gasteiger partial charge is 0.292 e. The van der Waals surface area contributed by atoms with E-state index < -0.39 is 20.8 Å². The normalized spacial score (nSPS) is 19.4. The zero-order chi connectivity index (χ0) is 10.9. The molecule has 8 heteroatoms. The minimum Gasteiger partial charge on any atom is -0.477 e. The Kier molecular flexibility index (Phi) is 2.95. The van der Waals surface area contributed by atoms with Crippen LogP contribution in [-0.2, 0) is 19.6 Å². The minimum atomic E-state index is -3.99. The molecule has 0 fully saturated rings. The standard InChI is InChI=1S/C6H7BrN2O4S/c1-2-13-6-3(7)4(5(8)10)14(11,12)9-6/h2H2,1H3,(H2,8,10). The van der Waals surface area contributed by atoms with Gasteiger partial charge in [-0.05, 0) is 22.9 Å². The van der Waals surface area contributed by atoms with Gasteiger partial charge in [0.2, 0.25) is 5.90 Å². The first-order chi connectivity index (χ1) is 6.40. The average Bonchev–Trinajstić information content (AvgIpc) is 2.22. The van der Waals surface area contributed by atoms with Gasteiger partial charge < -0.3 is 10.5 Å². The van der Waals surface area contributed by atoms with E-state index in [0.29, 0.717) is 0 Å². The van der Waals surface area contributed by atoms with Crippen molar-refractivity contribution >= 4 is 37.8 Å². The molecule has 1 aliphatic rings. The molecule has 1 rings (SSSR count). The summed E-state index contributed by atoms with van der Waals surface area (Å²) in [4.78, 5) is 10.2. The second kappa shape index (κ2) is 3.70. The molecule has 14 heavy (non-hydrogen) atoms. The van der Waals surface area contributed by atoms with Crippen molar-refractivity contribution in [2.45, 2.75) is 6.92 Å². The van der Waals surface area contributed by atoms with Crippen LogP contribution in [0.4, 0.5) is 0 Å². The van der Waals surface area contributed by atoms with Crippen molar-refractivity contribution in [2.75, 3.05) is 6.61 Å². The third kappa shape index (κ3) is 1.80. The van der Waals surface area contributed by atoms with E-state index in [1.54, 1.807) is 6.92 Å². The summed E-state index contributed by atoms with van der Waals surface area (Å²) in [6, 6.07) is 0. The molecule has 1 amide bonds. The van der Waals surface area contributed by atoms with Crippen LogP contribution in [0.3, 0.4) is 0 Å². The molecule has 0 aromatic heterocycles. The summed E-state index contributed by atoms with van der Waals surface area (Å²) in [5.41, 5.74) is 4.89. The molecule has 0 aromatic carbocycles. The molecular weight excluding hydrogens is 276 g/mol. The molecule has 6 nitrogen and oxygen atoms in total. The number of nitrogens with two attached hydrogens (primary N) is 1. The van der Waals surface area contributed by atoms with Gasteiger partial charge in [-0.15, -0.1) is 4.40 Å². The number of hydrogen-bond acceptors (Lipinski definition) is 4. The lowest BCUT2D eigenvalue weighted by Gasteiger charge is -1.99. The van der Waals surface area contributed by atoms with Crippen LogP contribution in [0.2, 0.25) is 0 Å². The molecule has 2 N–H and O–H groups in total. The number of carbonyl (C=O) groups excluding carboxylic acids is 1. The lowest BCUT2D eigenvalue weighted by molar-refractivity contribution is -0.113. The Morgan fingerprint density at radius 1 is 1.64 bits per heavy atom. The minimum absolute atomic E-state index is 0.0214. The van der Waals surface area contributed by atoms with Gasteiger partial charge in [-0.3, -0.25) is 4.79 Å². The maximum absolute atomic E-state index is 11.2. The van der Waals surface area contributed by atoms with Crippen molar-refractivity contribution in [3.05, 3.63) is 9.39 Å². The number of rotatable bonds is 2. The van der Waals surface area contributed by atoms with Crippen molar-refractivity contribution in [1.29, 1.82) is 0 Å². The van der Waals surface area contributed by atoms with Crippen LogP contribution in [0.1, 0.15) is 6.92 Å². The van der Waals surface area contributed by atoms with Gasteiger partial charge in [0.1, 0.15) is 4.48 Å². The molecule has 0 spiro atoms. The number of sulfonamides is 1. The van der Waals surface area contributed by atoms with E-state index >= 15 is 0 Å². The highest BCUT2D eigenvalue weighted by Gasteiger charge is 2.35. The second-order valence-electron chi connectivity index (χ2n) is 2.31. The first-order valence-electron chi connectivity index (χ1n) is 3.58. The Balaban J connectivity index is 3.26. The zero-order valence-electron chi connectivity index (χ0n) is 7.15. The van der Waals surface area contributed by atoms with E-state index in [0.717, 1.165) is 0 Å². The van der Waals surface area contributed by atoms with Crippen LogP contribution < -0.4 is 5.73 Å². The Morgan fingerprint density at radius 3 is 2.57 bits per heavy atom. The van der Waals surface area contributed by atoms with Crippen LogP contribution in [0.15, 0.2) is 13.8 Å². The van der Waals surface area contributed by atoms with E-state index in [4.69, 9.17) is 10.5 Å². The third-order valence-electron chi connectivity index (χ3n) is 1.35. The van der Waals surface area contributed by atoms with Crippen LogP contribution in [0.5, 0.6) is 0 Å². The fourth-order valence-corrected chi connectivity index (χ4v) is 3.02. The summed E-state index contributed by atoms with van der Waals surface area (Å²) in [7, 11) is -3.99. The Labute approximate surface area is 89.0 Å². The van der Waals surface area contributed by atoms with E-state index in [2.05, 4.69) is 20.3 Å². The predicted octanol–water partition coefficient (Wildman–Crippen LogP) is -0.143. The van der Waals surface area contributed by atoms with E-state index in [1.165, 1.54) is 0 Å². The van der Waals surface area contributed by atoms with E-state index in [9.17, 15) is 13.2 Å². The molecule has 1 heterocycles. The SMILES string of the molecule is CCOC1=NS(=O)(=O)C(C(N)=O)=C1Br. The van der Waals surface area contributed by atoms with Crippen LogP contribution >= 0.6 is 15.9 Å². The van der Waals surface area contributed by atoms with Gasteiger partial charge in [0.15, 0.2) is 4.91 Å². The summed E-state index contributed by atoms with van der Waals surface area (Å²) in [6.07, 6.45) is 0. The first-order valence-corrected chi connectivity index (χ1v) is 5.81. The quantitative estimate of drug-likeness (QED) is 0.762. The fraction of sp³-hybridized carbons (Fsp3) is 0.333. The molecule has 0 saturated heterocycles. The molecule has 0 aromatic rings. The molecule has 0 saturated carbocycles. The summed E-state index contributed by atoms with van der Waals surface area (Å²) in [5.74, 6) is -1.20. The number of halogens is 1. The summed E-state index contributed by atoms with van der Waals surface area (Å²) in [5, 5.41) is 0. The van der Waals surface area contributed by atoms with Gasteiger partial charge in [0.05, 0.1) is 6.61 Å². The molecule has 0 unspecified atom stereocenters. The number of nitrogens with zero attached hydrogens (tertiary/aromatic N) is 1. The third-order valence-corrected chi connectivity index (χ3v) is 3.68. The number of carbonyl (C=O) groups is 1. The highest BCUT2D eigenvalue weighted by atomic mass is 79.9. The summed E-state index contributed by atoms with van der Waals surface area (Å²) >= 11 is 2.89. The fourth-order valence-electron chi connectivity index (χ4n) is 0.867.